The molecule has 0 aromatic heterocycles. The first kappa shape index (κ1) is 12.1. The molecule has 1 aromatic carbocycles. The third-order valence-corrected chi connectivity index (χ3v) is 3.21. The predicted molar refractivity (Wildman–Crippen MR) is 66.8 cm³/mol. The molecule has 0 saturated carbocycles. The molecule has 1 aliphatic rings. The Bertz CT molecular complexity index is 446. The predicted octanol–water partition coefficient (Wildman–Crippen LogP) is 1.74. The minimum atomic E-state index is 0.690. The van der Waals surface area contributed by atoms with E-state index in [0.717, 1.165) is 31.6 Å². The Morgan fingerprint density at radius 2 is 2.24 bits per heavy atom. The van der Waals surface area contributed by atoms with E-state index in [9.17, 15) is 5.26 Å². The minimum Gasteiger partial charge on any atom is -0.376 e. The standard InChI is InChI=1S/C14H18N2O/c1-16(2)7-5-13-11(9-15)3-4-12-10-17-8-6-14(12)13/h3-4H,5-8,10H2,1-2H3. The number of benzene rings is 1. The van der Waals surface area contributed by atoms with Crippen molar-refractivity contribution in [2.75, 3.05) is 27.2 Å². The fourth-order valence-corrected chi connectivity index (χ4v) is 2.27. The van der Waals surface area contributed by atoms with Crippen LogP contribution in [-0.4, -0.2) is 32.1 Å². The Morgan fingerprint density at radius 3 is 2.94 bits per heavy atom. The topological polar surface area (TPSA) is 36.3 Å². The molecular weight excluding hydrogens is 212 g/mol. The van der Waals surface area contributed by atoms with Gasteiger partial charge in [-0.2, -0.15) is 5.26 Å². The van der Waals surface area contributed by atoms with Crippen molar-refractivity contribution in [1.82, 2.24) is 4.90 Å². The summed E-state index contributed by atoms with van der Waals surface area (Å²) in [5.41, 5.74) is 4.65. The molecule has 0 radical (unpaired) electrons. The first-order valence-electron chi connectivity index (χ1n) is 5.98. The molecule has 0 saturated heterocycles. The molecule has 0 N–H and O–H groups in total. The van der Waals surface area contributed by atoms with Gasteiger partial charge in [-0.3, -0.25) is 0 Å². The highest BCUT2D eigenvalue weighted by Gasteiger charge is 2.16. The molecule has 0 unspecified atom stereocenters. The third kappa shape index (κ3) is 2.66. The van der Waals surface area contributed by atoms with Crippen molar-refractivity contribution in [2.24, 2.45) is 0 Å². The van der Waals surface area contributed by atoms with E-state index in [1.165, 1.54) is 16.7 Å². The van der Waals surface area contributed by atoms with Gasteiger partial charge in [-0.1, -0.05) is 6.07 Å². The van der Waals surface area contributed by atoms with Gasteiger partial charge in [-0.15, -0.1) is 0 Å². The first-order valence-corrected chi connectivity index (χ1v) is 5.98. The summed E-state index contributed by atoms with van der Waals surface area (Å²) < 4.78 is 5.46. The Labute approximate surface area is 103 Å². The fraction of sp³-hybridized carbons (Fsp3) is 0.500. The van der Waals surface area contributed by atoms with Gasteiger partial charge in [0.05, 0.1) is 24.8 Å². The molecule has 0 amide bonds. The molecule has 0 bridgehead atoms. The summed E-state index contributed by atoms with van der Waals surface area (Å²) in [4.78, 5) is 2.15. The molecule has 2 rings (SSSR count). The highest BCUT2D eigenvalue weighted by atomic mass is 16.5. The Hall–Kier alpha value is -1.37. The Kier molecular flexibility index (Phi) is 3.78. The van der Waals surface area contributed by atoms with E-state index >= 15 is 0 Å². The number of nitrogens with zero attached hydrogens (tertiary/aromatic N) is 2. The normalized spacial score (nSPS) is 14.5. The van der Waals surface area contributed by atoms with Gasteiger partial charge in [0, 0.05) is 6.54 Å². The number of hydrogen-bond acceptors (Lipinski definition) is 3. The van der Waals surface area contributed by atoms with Crippen LogP contribution in [-0.2, 0) is 24.2 Å². The second-order valence-corrected chi connectivity index (χ2v) is 4.70. The highest BCUT2D eigenvalue weighted by Crippen LogP contribution is 2.24. The van der Waals surface area contributed by atoms with Crippen LogP contribution in [0.2, 0.25) is 0 Å². The van der Waals surface area contributed by atoms with Crippen molar-refractivity contribution < 1.29 is 4.74 Å². The van der Waals surface area contributed by atoms with Crippen molar-refractivity contribution >= 4 is 0 Å². The van der Waals surface area contributed by atoms with Crippen LogP contribution < -0.4 is 0 Å². The molecular formula is C14H18N2O. The number of fused-ring (bicyclic) bond motifs is 1. The molecule has 17 heavy (non-hydrogen) atoms. The number of hydrogen-bond donors (Lipinski definition) is 0. The van der Waals surface area contributed by atoms with Crippen molar-refractivity contribution in [3.63, 3.8) is 0 Å². The van der Waals surface area contributed by atoms with Gasteiger partial charge in [0.1, 0.15) is 0 Å². The van der Waals surface area contributed by atoms with Gasteiger partial charge in [0.15, 0.2) is 0 Å². The second kappa shape index (κ2) is 5.31. The van der Waals surface area contributed by atoms with E-state index in [0.29, 0.717) is 6.61 Å². The molecule has 3 nitrogen and oxygen atoms in total. The van der Waals surface area contributed by atoms with Crippen LogP contribution in [0.25, 0.3) is 0 Å². The van der Waals surface area contributed by atoms with E-state index < -0.39 is 0 Å². The van der Waals surface area contributed by atoms with Gasteiger partial charge >= 0.3 is 0 Å². The molecule has 90 valence electrons. The summed E-state index contributed by atoms with van der Waals surface area (Å²) in [5.74, 6) is 0. The maximum atomic E-state index is 9.19. The summed E-state index contributed by atoms with van der Waals surface area (Å²) in [6, 6.07) is 6.27. The zero-order valence-corrected chi connectivity index (χ0v) is 10.5. The van der Waals surface area contributed by atoms with Gasteiger partial charge in [-0.05, 0) is 49.7 Å². The van der Waals surface area contributed by atoms with Gasteiger partial charge in [0.25, 0.3) is 0 Å². The van der Waals surface area contributed by atoms with E-state index in [-0.39, 0.29) is 0 Å². The summed E-state index contributed by atoms with van der Waals surface area (Å²) in [7, 11) is 4.12. The summed E-state index contributed by atoms with van der Waals surface area (Å²) in [6.45, 7) is 2.44. The molecule has 1 heterocycles. The maximum Gasteiger partial charge on any atom is 0.0994 e. The average molecular weight is 230 g/mol. The van der Waals surface area contributed by atoms with Crippen molar-refractivity contribution in [3.05, 3.63) is 34.4 Å². The zero-order chi connectivity index (χ0) is 12.3. The van der Waals surface area contributed by atoms with E-state index in [1.54, 1.807) is 0 Å². The molecule has 1 aromatic rings. The van der Waals surface area contributed by atoms with Crippen LogP contribution >= 0.6 is 0 Å². The highest BCUT2D eigenvalue weighted by molar-refractivity contribution is 5.47. The fourth-order valence-electron chi connectivity index (χ4n) is 2.27. The van der Waals surface area contributed by atoms with Gasteiger partial charge in [0.2, 0.25) is 0 Å². The molecule has 0 atom stereocenters. The molecule has 0 fully saturated rings. The zero-order valence-electron chi connectivity index (χ0n) is 10.5. The summed E-state index contributed by atoms with van der Waals surface area (Å²) in [6.07, 6.45) is 1.88. The quantitative estimate of drug-likeness (QED) is 0.793. The Balaban J connectivity index is 2.35. The number of ether oxygens (including phenoxy) is 1. The molecule has 1 aliphatic heterocycles. The largest absolute Gasteiger partial charge is 0.376 e. The van der Waals surface area contributed by atoms with Gasteiger partial charge in [-0.25, -0.2) is 0 Å². The first-order chi connectivity index (χ1) is 8.22. The van der Waals surface area contributed by atoms with Crippen LogP contribution in [0.5, 0.6) is 0 Å². The molecule has 0 aliphatic carbocycles. The number of nitriles is 1. The SMILES string of the molecule is CN(C)CCc1c(C#N)ccc2c1CCOC2. The van der Waals surface area contributed by atoms with E-state index in [1.807, 2.05) is 12.1 Å². The molecule has 3 heteroatoms. The summed E-state index contributed by atoms with van der Waals surface area (Å²) >= 11 is 0. The van der Waals surface area contributed by atoms with Crippen LogP contribution in [0.4, 0.5) is 0 Å². The van der Waals surface area contributed by atoms with Crippen molar-refractivity contribution in [2.45, 2.75) is 19.4 Å². The maximum absolute atomic E-state index is 9.19. The average Bonchev–Trinajstić information content (AvgIpc) is 2.35. The minimum absolute atomic E-state index is 0.690. The second-order valence-electron chi connectivity index (χ2n) is 4.70. The lowest BCUT2D eigenvalue weighted by molar-refractivity contribution is 0.110. The van der Waals surface area contributed by atoms with Gasteiger partial charge < -0.3 is 9.64 Å². The van der Waals surface area contributed by atoms with Crippen molar-refractivity contribution in [3.8, 4) is 6.07 Å². The van der Waals surface area contributed by atoms with E-state index in [2.05, 4.69) is 25.1 Å². The van der Waals surface area contributed by atoms with Crippen molar-refractivity contribution in [1.29, 1.82) is 5.26 Å². The lowest BCUT2D eigenvalue weighted by Gasteiger charge is -2.21. The van der Waals surface area contributed by atoms with Crippen LogP contribution in [0, 0.1) is 11.3 Å². The lowest BCUT2D eigenvalue weighted by atomic mass is 9.91. The number of likely N-dealkylation sites (N-methyl/N-ethyl adjacent to an activating group) is 1. The molecule has 0 spiro atoms. The number of rotatable bonds is 3. The monoisotopic (exact) mass is 230 g/mol. The van der Waals surface area contributed by atoms with Crippen LogP contribution in [0.15, 0.2) is 12.1 Å². The Morgan fingerprint density at radius 1 is 1.41 bits per heavy atom. The van der Waals surface area contributed by atoms with Crippen LogP contribution in [0.1, 0.15) is 22.3 Å². The van der Waals surface area contributed by atoms with E-state index in [4.69, 9.17) is 4.74 Å². The van der Waals surface area contributed by atoms with Crippen LogP contribution in [0.3, 0.4) is 0 Å². The summed E-state index contributed by atoms with van der Waals surface area (Å²) in [5, 5.41) is 9.19. The smallest absolute Gasteiger partial charge is 0.0994 e. The third-order valence-electron chi connectivity index (χ3n) is 3.21. The lowest BCUT2D eigenvalue weighted by Crippen LogP contribution is -2.19.